The van der Waals surface area contributed by atoms with Gasteiger partial charge in [0.2, 0.25) is 0 Å². The van der Waals surface area contributed by atoms with E-state index < -0.39 is 17.5 Å². The van der Waals surface area contributed by atoms with Gasteiger partial charge in [-0.25, -0.2) is 9.59 Å². The van der Waals surface area contributed by atoms with E-state index in [0.717, 1.165) is 21.4 Å². The summed E-state index contributed by atoms with van der Waals surface area (Å²) in [4.78, 5) is 37.8. The van der Waals surface area contributed by atoms with Crippen LogP contribution in [-0.2, 0) is 9.53 Å². The van der Waals surface area contributed by atoms with Crippen LogP contribution in [-0.4, -0.2) is 32.7 Å². The van der Waals surface area contributed by atoms with Crippen molar-refractivity contribution in [2.24, 2.45) is 0 Å². The highest BCUT2D eigenvalue weighted by Crippen LogP contribution is 2.40. The zero-order valence-electron chi connectivity index (χ0n) is 19.6. The molecule has 0 aliphatic rings. The molecular weight excluding hydrogens is 470 g/mol. The molecule has 0 radical (unpaired) electrons. The van der Waals surface area contributed by atoms with Crippen LogP contribution in [0.1, 0.15) is 20.8 Å². The van der Waals surface area contributed by atoms with E-state index in [1.807, 2.05) is 26.0 Å². The summed E-state index contributed by atoms with van der Waals surface area (Å²) in [6, 6.07) is 13.7. The van der Waals surface area contributed by atoms with Gasteiger partial charge in [0.1, 0.15) is 27.6 Å². The molecule has 1 amide bonds. The van der Waals surface area contributed by atoms with Crippen LogP contribution in [0.4, 0.5) is 5.00 Å². The zero-order chi connectivity index (χ0) is 25.1. The lowest BCUT2D eigenvalue weighted by molar-refractivity contribution is -0.118. The number of carbonyl (C=O) groups is 2. The van der Waals surface area contributed by atoms with Crippen LogP contribution >= 0.6 is 11.3 Å². The van der Waals surface area contributed by atoms with Crippen molar-refractivity contribution in [2.45, 2.75) is 13.8 Å². The molecule has 0 fully saturated rings. The Hall–Kier alpha value is -4.11. The third-order valence-corrected chi connectivity index (χ3v) is 6.42. The summed E-state index contributed by atoms with van der Waals surface area (Å²) in [7, 11) is 2.87. The van der Waals surface area contributed by atoms with Crippen molar-refractivity contribution < 1.29 is 28.2 Å². The van der Waals surface area contributed by atoms with Crippen LogP contribution in [0, 0.1) is 13.8 Å². The van der Waals surface area contributed by atoms with E-state index in [0.29, 0.717) is 27.6 Å². The number of fused-ring (bicyclic) bond motifs is 1. The minimum Gasteiger partial charge on any atom is -0.497 e. The first-order chi connectivity index (χ1) is 16.8. The van der Waals surface area contributed by atoms with Gasteiger partial charge in [0.15, 0.2) is 6.61 Å². The molecule has 0 aliphatic carbocycles. The van der Waals surface area contributed by atoms with Gasteiger partial charge in [-0.05, 0) is 49.2 Å². The summed E-state index contributed by atoms with van der Waals surface area (Å²) in [5.74, 6) is 0.0470. The minimum absolute atomic E-state index is 0.275. The summed E-state index contributed by atoms with van der Waals surface area (Å²) in [6.45, 7) is 3.37. The van der Waals surface area contributed by atoms with Crippen LogP contribution in [0.5, 0.6) is 11.5 Å². The Morgan fingerprint density at radius 3 is 2.40 bits per heavy atom. The molecule has 180 valence electrons. The summed E-state index contributed by atoms with van der Waals surface area (Å²) in [6.07, 6.45) is 0. The molecule has 4 rings (SSSR count). The quantitative estimate of drug-likeness (QED) is 0.287. The highest BCUT2D eigenvalue weighted by atomic mass is 32.1. The number of ether oxygens (including phenoxy) is 3. The van der Waals surface area contributed by atoms with E-state index in [1.54, 1.807) is 37.4 Å². The lowest BCUT2D eigenvalue weighted by atomic mass is 10.0. The maximum absolute atomic E-state index is 12.7. The van der Waals surface area contributed by atoms with E-state index in [2.05, 4.69) is 5.32 Å². The van der Waals surface area contributed by atoms with Gasteiger partial charge in [-0.2, -0.15) is 0 Å². The Kier molecular flexibility index (Phi) is 6.88. The molecule has 2 aromatic heterocycles. The van der Waals surface area contributed by atoms with Crippen LogP contribution < -0.4 is 20.4 Å². The minimum atomic E-state index is -0.559. The fourth-order valence-electron chi connectivity index (χ4n) is 3.74. The number of nitrogens with one attached hydrogen (secondary N) is 1. The Balaban J connectivity index is 1.55. The molecule has 0 saturated heterocycles. The highest BCUT2D eigenvalue weighted by Gasteiger charge is 2.25. The number of hydrogen-bond acceptors (Lipinski definition) is 8. The lowest BCUT2D eigenvalue weighted by Crippen LogP contribution is -2.21. The number of hydrogen-bond donors (Lipinski definition) is 1. The van der Waals surface area contributed by atoms with Gasteiger partial charge in [-0.15, -0.1) is 11.3 Å². The smallest absolute Gasteiger partial charge is 0.341 e. The molecule has 1 N–H and O–H groups in total. The van der Waals surface area contributed by atoms with Gasteiger partial charge >= 0.3 is 11.6 Å². The maximum Gasteiger partial charge on any atom is 0.341 e. The molecule has 2 heterocycles. The van der Waals surface area contributed by atoms with E-state index in [1.165, 1.54) is 24.5 Å². The largest absolute Gasteiger partial charge is 0.497 e. The number of thiophene rings is 1. The Bertz CT molecular complexity index is 1470. The first-order valence-corrected chi connectivity index (χ1v) is 11.5. The van der Waals surface area contributed by atoms with Crippen molar-refractivity contribution >= 4 is 39.2 Å². The average Bonchev–Trinajstić information content (AvgIpc) is 3.17. The SMILES string of the molecule is COC(=O)c1c(NC(=O)COc2ccc3c(C)cc(=O)oc3c2)sc(C)c1-c1ccc(OC)cc1. The first kappa shape index (κ1) is 24.0. The molecule has 0 unspecified atom stereocenters. The molecule has 0 bridgehead atoms. The van der Waals surface area contributed by atoms with Gasteiger partial charge in [0, 0.05) is 28.0 Å². The van der Waals surface area contributed by atoms with E-state index in [-0.39, 0.29) is 12.2 Å². The molecule has 0 spiro atoms. The monoisotopic (exact) mass is 493 g/mol. The number of methoxy groups -OCH3 is 2. The summed E-state index contributed by atoms with van der Waals surface area (Å²) in [5.41, 5.74) is 2.46. The van der Waals surface area contributed by atoms with Gasteiger partial charge < -0.3 is 23.9 Å². The second-order valence-corrected chi connectivity index (χ2v) is 8.93. The van der Waals surface area contributed by atoms with Crippen molar-refractivity contribution in [1.29, 1.82) is 0 Å². The predicted molar refractivity (Wildman–Crippen MR) is 134 cm³/mol. The van der Waals surface area contributed by atoms with E-state index in [9.17, 15) is 14.4 Å². The molecule has 0 saturated carbocycles. The maximum atomic E-state index is 12.7. The summed E-state index contributed by atoms with van der Waals surface area (Å²) < 4.78 is 21.0. The standard InChI is InChI=1S/C26H23NO7S/c1-14-11-22(29)34-20-12-18(9-10-19(14)20)33-13-21(28)27-25-24(26(30)32-4)23(15(2)35-25)16-5-7-17(31-3)8-6-16/h5-12H,13H2,1-4H3,(H,27,28). The second-order valence-electron chi connectivity index (χ2n) is 7.70. The number of amides is 1. The van der Waals surface area contributed by atoms with Crippen molar-refractivity contribution in [3.8, 4) is 22.6 Å². The fourth-order valence-corrected chi connectivity index (χ4v) is 4.82. The molecule has 35 heavy (non-hydrogen) atoms. The highest BCUT2D eigenvalue weighted by molar-refractivity contribution is 7.17. The Morgan fingerprint density at radius 1 is 1.00 bits per heavy atom. The molecular formula is C26H23NO7S. The molecule has 8 nitrogen and oxygen atoms in total. The topological polar surface area (TPSA) is 104 Å². The van der Waals surface area contributed by atoms with E-state index in [4.69, 9.17) is 18.6 Å². The van der Waals surface area contributed by atoms with E-state index >= 15 is 0 Å². The predicted octanol–water partition coefficient (Wildman–Crippen LogP) is 4.95. The molecule has 0 aliphatic heterocycles. The van der Waals surface area contributed by atoms with Gasteiger partial charge in [-0.1, -0.05) is 12.1 Å². The van der Waals surface area contributed by atoms with Crippen molar-refractivity contribution in [2.75, 3.05) is 26.1 Å². The second kappa shape index (κ2) is 10.0. The lowest BCUT2D eigenvalue weighted by Gasteiger charge is -2.10. The van der Waals surface area contributed by atoms with Crippen LogP contribution in [0.3, 0.4) is 0 Å². The number of benzene rings is 2. The van der Waals surface area contributed by atoms with Crippen molar-refractivity contribution in [3.05, 3.63) is 75.0 Å². The molecule has 4 aromatic rings. The Morgan fingerprint density at radius 2 is 1.71 bits per heavy atom. The fraction of sp³-hybridized carbons (Fsp3) is 0.192. The summed E-state index contributed by atoms with van der Waals surface area (Å²) >= 11 is 1.28. The number of esters is 1. The average molecular weight is 494 g/mol. The van der Waals surface area contributed by atoms with Crippen molar-refractivity contribution in [1.82, 2.24) is 0 Å². The van der Waals surface area contributed by atoms with Crippen LogP contribution in [0.25, 0.3) is 22.1 Å². The molecule has 9 heteroatoms. The van der Waals surface area contributed by atoms with Gasteiger partial charge in [0.05, 0.1) is 14.2 Å². The number of carbonyl (C=O) groups excluding carboxylic acids is 2. The number of anilines is 1. The first-order valence-electron chi connectivity index (χ1n) is 10.6. The van der Waals surface area contributed by atoms with Gasteiger partial charge in [-0.3, -0.25) is 4.79 Å². The van der Waals surface area contributed by atoms with Crippen molar-refractivity contribution in [3.63, 3.8) is 0 Å². The molecule has 0 atom stereocenters. The third kappa shape index (κ3) is 5.04. The zero-order valence-corrected chi connectivity index (χ0v) is 20.4. The number of rotatable bonds is 7. The van der Waals surface area contributed by atoms with Crippen LogP contribution in [0.2, 0.25) is 0 Å². The van der Waals surface area contributed by atoms with Crippen LogP contribution in [0.15, 0.2) is 57.7 Å². The number of aryl methyl sites for hydroxylation is 2. The normalized spacial score (nSPS) is 10.7. The van der Waals surface area contributed by atoms with Gasteiger partial charge in [0.25, 0.3) is 5.91 Å². The third-order valence-electron chi connectivity index (χ3n) is 5.40. The Labute approximate surface area is 205 Å². The molecule has 2 aromatic carbocycles. The summed E-state index contributed by atoms with van der Waals surface area (Å²) in [5, 5.41) is 3.91.